The van der Waals surface area contributed by atoms with Crippen LogP contribution in [0.5, 0.6) is 0 Å². The Hall–Kier alpha value is -0.980. The Morgan fingerprint density at radius 3 is 2.71 bits per heavy atom. The quantitative estimate of drug-likeness (QED) is 0.868. The molecule has 2 fully saturated rings. The van der Waals surface area contributed by atoms with Crippen molar-refractivity contribution in [2.45, 2.75) is 57.3 Å². The summed E-state index contributed by atoms with van der Waals surface area (Å²) in [7, 11) is 1.73. The van der Waals surface area contributed by atoms with Crippen molar-refractivity contribution in [1.82, 2.24) is 15.5 Å². The van der Waals surface area contributed by atoms with Crippen LogP contribution < -0.4 is 5.32 Å². The first-order valence-electron chi connectivity index (χ1n) is 7.90. The molecule has 0 spiro atoms. The number of methoxy groups -OCH3 is 1. The Bertz CT molecular complexity index is 453. The molecule has 6 nitrogen and oxygen atoms in total. The van der Waals surface area contributed by atoms with E-state index in [-0.39, 0.29) is 11.7 Å². The lowest BCUT2D eigenvalue weighted by molar-refractivity contribution is -0.0841. The summed E-state index contributed by atoms with van der Waals surface area (Å²) in [6.45, 7) is 4.20. The number of hydrogen-bond donors (Lipinski definition) is 1. The van der Waals surface area contributed by atoms with Gasteiger partial charge in [-0.3, -0.25) is 0 Å². The summed E-state index contributed by atoms with van der Waals surface area (Å²) >= 11 is 0. The molecule has 1 aromatic rings. The van der Waals surface area contributed by atoms with Crippen molar-refractivity contribution in [2.75, 3.05) is 20.2 Å². The van der Waals surface area contributed by atoms with Gasteiger partial charge in [0.1, 0.15) is 12.7 Å². The van der Waals surface area contributed by atoms with Crippen LogP contribution in [-0.2, 0) is 16.1 Å². The first-order valence-corrected chi connectivity index (χ1v) is 7.90. The summed E-state index contributed by atoms with van der Waals surface area (Å²) < 4.78 is 16.8. The average Bonchev–Trinajstić information content (AvgIpc) is 2.94. The molecule has 0 radical (unpaired) electrons. The van der Waals surface area contributed by atoms with E-state index in [9.17, 15) is 0 Å². The minimum atomic E-state index is -0.0986. The van der Waals surface area contributed by atoms with Crippen molar-refractivity contribution in [3.63, 3.8) is 0 Å². The topological polar surface area (TPSA) is 69.4 Å². The van der Waals surface area contributed by atoms with Gasteiger partial charge < -0.3 is 19.3 Å². The fraction of sp³-hybridized carbons (Fsp3) is 0.867. The Balaban J connectivity index is 1.59. The van der Waals surface area contributed by atoms with E-state index >= 15 is 0 Å². The van der Waals surface area contributed by atoms with Gasteiger partial charge in [0.05, 0.1) is 5.60 Å². The van der Waals surface area contributed by atoms with Crippen LogP contribution in [0.3, 0.4) is 0 Å². The Kier molecular flexibility index (Phi) is 4.57. The zero-order valence-electron chi connectivity index (χ0n) is 12.9. The number of nitrogens with zero attached hydrogens (tertiary/aromatic N) is 2. The summed E-state index contributed by atoms with van der Waals surface area (Å²) in [5.41, 5.74) is -0.0986. The molecule has 1 N–H and O–H groups in total. The molecule has 2 aliphatic rings. The Morgan fingerprint density at radius 2 is 2.10 bits per heavy atom. The van der Waals surface area contributed by atoms with E-state index in [1.807, 2.05) is 0 Å². The molecule has 1 atom stereocenters. The number of nitrogens with one attached hydrogen (secondary N) is 1. The number of aromatic nitrogens is 2. The lowest BCUT2D eigenvalue weighted by atomic mass is 9.85. The maximum absolute atomic E-state index is 5.82. The van der Waals surface area contributed by atoms with Crippen LogP contribution in [0.2, 0.25) is 0 Å². The molecule has 6 heteroatoms. The normalized spacial score (nSPS) is 23.7. The van der Waals surface area contributed by atoms with Gasteiger partial charge in [0.25, 0.3) is 5.89 Å². The molecule has 118 valence electrons. The second kappa shape index (κ2) is 6.42. The van der Waals surface area contributed by atoms with Crippen molar-refractivity contribution in [3.05, 3.63) is 11.7 Å². The fourth-order valence-electron chi connectivity index (χ4n) is 3.20. The third kappa shape index (κ3) is 3.44. The zero-order valence-corrected chi connectivity index (χ0v) is 12.9. The van der Waals surface area contributed by atoms with Gasteiger partial charge in [-0.2, -0.15) is 4.98 Å². The van der Waals surface area contributed by atoms with Crippen molar-refractivity contribution in [3.8, 4) is 0 Å². The fourth-order valence-corrected chi connectivity index (χ4v) is 3.20. The molecule has 3 rings (SSSR count). The van der Waals surface area contributed by atoms with Crippen molar-refractivity contribution in [2.24, 2.45) is 5.92 Å². The second-order valence-corrected chi connectivity index (χ2v) is 6.44. The highest BCUT2D eigenvalue weighted by Crippen LogP contribution is 2.35. The molecule has 1 aliphatic heterocycles. The first kappa shape index (κ1) is 14.9. The van der Waals surface area contributed by atoms with Crippen LogP contribution in [-0.4, -0.2) is 35.9 Å². The van der Waals surface area contributed by atoms with E-state index in [2.05, 4.69) is 22.4 Å². The SMILES string of the molecule is COC(c1noc(COC2(C)CNC2)n1)C1CCCCC1. The maximum atomic E-state index is 5.82. The van der Waals surface area contributed by atoms with E-state index in [1.54, 1.807) is 7.11 Å². The van der Waals surface area contributed by atoms with Gasteiger partial charge in [-0.15, -0.1) is 0 Å². The predicted octanol–water partition coefficient (Wildman–Crippen LogP) is 2.22. The van der Waals surface area contributed by atoms with E-state index in [4.69, 9.17) is 14.0 Å². The van der Waals surface area contributed by atoms with Gasteiger partial charge in [-0.05, 0) is 25.7 Å². The van der Waals surface area contributed by atoms with Crippen LogP contribution >= 0.6 is 0 Å². The lowest BCUT2D eigenvalue weighted by Crippen LogP contribution is -2.58. The lowest BCUT2D eigenvalue weighted by Gasteiger charge is -2.38. The van der Waals surface area contributed by atoms with Gasteiger partial charge in [-0.25, -0.2) is 0 Å². The highest BCUT2D eigenvalue weighted by atomic mass is 16.5. The van der Waals surface area contributed by atoms with Gasteiger partial charge >= 0.3 is 0 Å². The van der Waals surface area contributed by atoms with Crippen LogP contribution in [0.4, 0.5) is 0 Å². The molecular weight excluding hydrogens is 270 g/mol. The average molecular weight is 295 g/mol. The van der Waals surface area contributed by atoms with Gasteiger partial charge in [0.15, 0.2) is 0 Å². The van der Waals surface area contributed by atoms with Crippen molar-refractivity contribution in [1.29, 1.82) is 0 Å². The minimum Gasteiger partial charge on any atom is -0.373 e. The molecule has 0 bridgehead atoms. The molecule has 21 heavy (non-hydrogen) atoms. The summed E-state index contributed by atoms with van der Waals surface area (Å²) in [5, 5.41) is 7.30. The van der Waals surface area contributed by atoms with E-state index in [0.717, 1.165) is 13.1 Å². The number of rotatable bonds is 6. The molecular formula is C15H25N3O3. The standard InChI is InChI=1S/C15H25N3O3/c1-15(9-16-10-15)20-8-12-17-14(18-21-12)13(19-2)11-6-4-3-5-7-11/h11,13,16H,3-10H2,1-2H3. The van der Waals surface area contributed by atoms with Gasteiger partial charge in [-0.1, -0.05) is 24.4 Å². The Morgan fingerprint density at radius 1 is 1.33 bits per heavy atom. The van der Waals surface area contributed by atoms with E-state index in [1.165, 1.54) is 32.1 Å². The van der Waals surface area contributed by atoms with Crippen molar-refractivity contribution < 1.29 is 14.0 Å². The third-order valence-corrected chi connectivity index (χ3v) is 4.61. The monoisotopic (exact) mass is 295 g/mol. The first-order chi connectivity index (χ1) is 10.2. The van der Waals surface area contributed by atoms with Gasteiger partial charge in [0, 0.05) is 20.2 Å². The predicted molar refractivity (Wildman–Crippen MR) is 76.7 cm³/mol. The van der Waals surface area contributed by atoms with Crippen LogP contribution in [0.25, 0.3) is 0 Å². The maximum Gasteiger partial charge on any atom is 0.252 e. The molecule has 1 saturated heterocycles. The Labute approximate surface area is 125 Å². The highest BCUT2D eigenvalue weighted by Gasteiger charge is 2.33. The molecule has 0 amide bonds. The second-order valence-electron chi connectivity index (χ2n) is 6.44. The molecule has 1 aliphatic carbocycles. The molecule has 0 aromatic carbocycles. The minimum absolute atomic E-state index is 0.0521. The smallest absolute Gasteiger partial charge is 0.252 e. The van der Waals surface area contributed by atoms with Crippen LogP contribution in [0, 0.1) is 5.92 Å². The highest BCUT2D eigenvalue weighted by molar-refractivity contribution is 4.95. The van der Waals surface area contributed by atoms with Crippen LogP contribution in [0.15, 0.2) is 4.52 Å². The molecule has 2 heterocycles. The zero-order chi connectivity index (χ0) is 14.7. The van der Waals surface area contributed by atoms with Gasteiger partial charge in [0.2, 0.25) is 5.82 Å². The summed E-state index contributed by atoms with van der Waals surface area (Å²) in [6.07, 6.45) is 6.17. The van der Waals surface area contributed by atoms with E-state index in [0.29, 0.717) is 24.2 Å². The summed E-state index contributed by atoms with van der Waals surface area (Å²) in [6, 6.07) is 0. The van der Waals surface area contributed by atoms with E-state index < -0.39 is 0 Å². The molecule has 1 aromatic heterocycles. The third-order valence-electron chi connectivity index (χ3n) is 4.61. The van der Waals surface area contributed by atoms with Crippen molar-refractivity contribution >= 4 is 0 Å². The summed E-state index contributed by atoms with van der Waals surface area (Å²) in [4.78, 5) is 4.47. The summed E-state index contributed by atoms with van der Waals surface area (Å²) in [5.74, 6) is 1.71. The molecule has 1 saturated carbocycles. The number of hydrogen-bond acceptors (Lipinski definition) is 6. The largest absolute Gasteiger partial charge is 0.373 e. The van der Waals surface area contributed by atoms with Crippen LogP contribution in [0.1, 0.15) is 56.8 Å². The number of ether oxygens (including phenoxy) is 2. The molecule has 1 unspecified atom stereocenters.